The Balaban J connectivity index is 1.68. The molecule has 3 heterocycles. The molecule has 4 rings (SSSR count). The van der Waals surface area contributed by atoms with Gasteiger partial charge in [-0.3, -0.25) is 4.79 Å². The van der Waals surface area contributed by atoms with E-state index in [4.69, 9.17) is 4.74 Å². The molecule has 7 nitrogen and oxygen atoms in total. The van der Waals surface area contributed by atoms with Crippen molar-refractivity contribution in [2.24, 2.45) is 0 Å². The first-order valence-electron chi connectivity index (χ1n) is 9.44. The molecule has 1 fully saturated rings. The van der Waals surface area contributed by atoms with Crippen LogP contribution in [0.15, 0.2) is 35.5 Å². The summed E-state index contributed by atoms with van der Waals surface area (Å²) in [5, 5.41) is 14.8. The lowest BCUT2D eigenvalue weighted by atomic mass is 10.1. The molecule has 1 aromatic carbocycles. The zero-order valence-corrected chi connectivity index (χ0v) is 16.9. The molecule has 0 spiro atoms. The lowest BCUT2D eigenvalue weighted by Gasteiger charge is -2.26. The average molecular weight is 398 g/mol. The quantitative estimate of drug-likeness (QED) is 0.616. The van der Waals surface area contributed by atoms with Crippen LogP contribution in [-0.4, -0.2) is 56.7 Å². The first kappa shape index (κ1) is 18.7. The van der Waals surface area contributed by atoms with E-state index in [1.807, 2.05) is 40.8 Å². The summed E-state index contributed by atoms with van der Waals surface area (Å²) in [5.74, 6) is 1.23. The molecule has 8 heteroatoms. The van der Waals surface area contributed by atoms with Gasteiger partial charge in [-0.2, -0.15) is 10.2 Å². The van der Waals surface area contributed by atoms with Gasteiger partial charge in [-0.25, -0.2) is 4.68 Å². The van der Waals surface area contributed by atoms with Gasteiger partial charge in [0.25, 0.3) is 0 Å². The molecule has 2 aromatic heterocycles. The van der Waals surface area contributed by atoms with Crippen molar-refractivity contribution in [1.29, 1.82) is 0 Å². The van der Waals surface area contributed by atoms with E-state index in [0.29, 0.717) is 10.8 Å². The van der Waals surface area contributed by atoms with Crippen LogP contribution in [0.3, 0.4) is 0 Å². The number of aromatic nitrogens is 4. The van der Waals surface area contributed by atoms with Crippen molar-refractivity contribution in [3.8, 4) is 11.4 Å². The van der Waals surface area contributed by atoms with Crippen molar-refractivity contribution in [1.82, 2.24) is 24.9 Å². The van der Waals surface area contributed by atoms with Crippen LogP contribution in [0.25, 0.3) is 16.6 Å². The molecule has 0 saturated carbocycles. The molecule has 0 radical (unpaired) electrons. The summed E-state index contributed by atoms with van der Waals surface area (Å²) in [6.07, 6.45) is 5.18. The van der Waals surface area contributed by atoms with Gasteiger partial charge in [-0.15, -0.1) is 5.10 Å². The first-order valence-corrected chi connectivity index (χ1v) is 10.4. The van der Waals surface area contributed by atoms with E-state index in [1.165, 1.54) is 18.2 Å². The zero-order valence-electron chi connectivity index (χ0n) is 16.1. The van der Waals surface area contributed by atoms with Gasteiger partial charge in [-0.1, -0.05) is 23.9 Å². The smallest absolute Gasteiger partial charge is 0.232 e. The molecule has 0 bridgehead atoms. The van der Waals surface area contributed by atoms with Crippen molar-refractivity contribution in [2.75, 3.05) is 26.0 Å². The molecular formula is C20H23N5O2S. The molecule has 28 heavy (non-hydrogen) atoms. The molecule has 0 atom stereocenters. The van der Waals surface area contributed by atoms with E-state index in [2.05, 4.69) is 15.3 Å². The highest BCUT2D eigenvalue weighted by Crippen LogP contribution is 2.32. The van der Waals surface area contributed by atoms with E-state index in [-0.39, 0.29) is 5.91 Å². The normalized spacial score (nSPS) is 14.4. The van der Waals surface area contributed by atoms with Gasteiger partial charge in [0.15, 0.2) is 0 Å². The maximum atomic E-state index is 12.6. The van der Waals surface area contributed by atoms with Crippen LogP contribution < -0.4 is 4.74 Å². The van der Waals surface area contributed by atoms with Gasteiger partial charge in [0.1, 0.15) is 22.0 Å². The molecule has 1 aliphatic rings. The van der Waals surface area contributed by atoms with Crippen LogP contribution in [0.5, 0.6) is 5.75 Å². The molecular weight excluding hydrogens is 374 g/mol. The fraction of sp³-hybridized carbons (Fsp3) is 0.400. The fourth-order valence-corrected chi connectivity index (χ4v) is 4.36. The fourth-order valence-electron chi connectivity index (χ4n) is 3.49. The Kier molecular flexibility index (Phi) is 5.47. The molecule has 146 valence electrons. The lowest BCUT2D eigenvalue weighted by molar-refractivity contribution is -0.129. The number of hydrogen-bond acceptors (Lipinski definition) is 6. The number of carbonyl (C=O) groups is 1. The predicted octanol–water partition coefficient (Wildman–Crippen LogP) is 3.24. The summed E-state index contributed by atoms with van der Waals surface area (Å²) in [6, 6.07) is 7.72. The minimum atomic E-state index is 0.156. The van der Waals surface area contributed by atoms with Gasteiger partial charge < -0.3 is 9.64 Å². The largest absolute Gasteiger partial charge is 0.494 e. The lowest BCUT2D eigenvalue weighted by Crippen LogP contribution is -2.36. The second-order valence-corrected chi connectivity index (χ2v) is 7.78. The number of fused-ring (bicyclic) bond motifs is 1. The van der Waals surface area contributed by atoms with Crippen LogP contribution in [0.1, 0.15) is 25.0 Å². The number of benzene rings is 1. The first-order chi connectivity index (χ1) is 13.7. The second kappa shape index (κ2) is 8.18. The van der Waals surface area contributed by atoms with Crippen LogP contribution in [0.2, 0.25) is 0 Å². The molecule has 1 saturated heterocycles. The molecule has 3 aromatic rings. The Hall–Kier alpha value is -2.61. The van der Waals surface area contributed by atoms with Gasteiger partial charge >= 0.3 is 0 Å². The monoisotopic (exact) mass is 397 g/mol. The SMILES string of the molecule is COc1ccccc1-n1ncc2c(C)nnc(SCC(=O)N3CCCCC3)c21. The van der Waals surface area contributed by atoms with Crippen molar-refractivity contribution in [2.45, 2.75) is 31.2 Å². The third kappa shape index (κ3) is 3.56. The second-order valence-electron chi connectivity index (χ2n) is 6.81. The van der Waals surface area contributed by atoms with Crippen molar-refractivity contribution < 1.29 is 9.53 Å². The molecule has 1 aliphatic heterocycles. The number of carbonyl (C=O) groups excluding carboxylic acids is 1. The van der Waals surface area contributed by atoms with E-state index >= 15 is 0 Å². The maximum Gasteiger partial charge on any atom is 0.232 e. The minimum Gasteiger partial charge on any atom is -0.494 e. The highest BCUT2D eigenvalue weighted by Gasteiger charge is 2.20. The Morgan fingerprint density at radius 2 is 1.96 bits per heavy atom. The number of thioether (sulfide) groups is 1. The average Bonchev–Trinajstić information content (AvgIpc) is 3.20. The standard InChI is InChI=1S/C20H23N5O2S/c1-14-15-12-21-25(16-8-4-5-9-17(16)27-2)19(15)20(23-22-14)28-13-18(26)24-10-6-3-7-11-24/h4-5,8-9,12H,3,6-7,10-11,13H2,1-2H3. The summed E-state index contributed by atoms with van der Waals surface area (Å²) < 4.78 is 7.32. The van der Waals surface area contributed by atoms with E-state index in [1.54, 1.807) is 13.3 Å². The number of aryl methyl sites for hydroxylation is 1. The van der Waals surface area contributed by atoms with Crippen LogP contribution in [-0.2, 0) is 4.79 Å². The number of ether oxygens (including phenoxy) is 1. The van der Waals surface area contributed by atoms with Crippen LogP contribution >= 0.6 is 11.8 Å². The van der Waals surface area contributed by atoms with E-state index in [0.717, 1.165) is 54.0 Å². The number of methoxy groups -OCH3 is 1. The summed E-state index contributed by atoms with van der Waals surface area (Å²) in [7, 11) is 1.64. The van der Waals surface area contributed by atoms with Crippen molar-refractivity contribution >= 4 is 28.6 Å². The Labute approximate surface area is 168 Å². The number of piperidine rings is 1. The highest BCUT2D eigenvalue weighted by molar-refractivity contribution is 8.00. The topological polar surface area (TPSA) is 73.1 Å². The third-order valence-corrected chi connectivity index (χ3v) is 5.95. The minimum absolute atomic E-state index is 0.156. The number of likely N-dealkylation sites (tertiary alicyclic amines) is 1. The molecule has 0 aliphatic carbocycles. The Bertz CT molecular complexity index is 997. The summed E-state index contributed by atoms with van der Waals surface area (Å²) in [4.78, 5) is 14.5. The number of hydrogen-bond donors (Lipinski definition) is 0. The van der Waals surface area contributed by atoms with Crippen LogP contribution in [0, 0.1) is 6.92 Å². The summed E-state index contributed by atoms with van der Waals surface area (Å²) >= 11 is 1.42. The summed E-state index contributed by atoms with van der Waals surface area (Å²) in [6.45, 7) is 3.62. The van der Waals surface area contributed by atoms with E-state index in [9.17, 15) is 4.79 Å². The number of para-hydroxylation sites is 2. The van der Waals surface area contributed by atoms with Crippen molar-refractivity contribution in [3.05, 3.63) is 36.2 Å². The van der Waals surface area contributed by atoms with E-state index < -0.39 is 0 Å². The number of amides is 1. The summed E-state index contributed by atoms with van der Waals surface area (Å²) in [5.41, 5.74) is 2.49. The number of rotatable bonds is 5. The van der Waals surface area contributed by atoms with Gasteiger partial charge in [0.05, 0.1) is 24.8 Å². The Morgan fingerprint density at radius 1 is 1.18 bits per heavy atom. The highest BCUT2D eigenvalue weighted by atomic mass is 32.2. The van der Waals surface area contributed by atoms with Gasteiger partial charge in [0, 0.05) is 18.5 Å². The zero-order chi connectivity index (χ0) is 19.5. The van der Waals surface area contributed by atoms with Gasteiger partial charge in [-0.05, 0) is 38.3 Å². The third-order valence-electron chi connectivity index (χ3n) is 5.01. The maximum absolute atomic E-state index is 12.6. The molecule has 0 N–H and O–H groups in total. The molecule has 1 amide bonds. The molecule has 0 unspecified atom stereocenters. The van der Waals surface area contributed by atoms with Gasteiger partial charge in [0.2, 0.25) is 5.91 Å². The number of nitrogens with zero attached hydrogens (tertiary/aromatic N) is 5. The van der Waals surface area contributed by atoms with Crippen LogP contribution in [0.4, 0.5) is 0 Å². The van der Waals surface area contributed by atoms with Crippen molar-refractivity contribution in [3.63, 3.8) is 0 Å². The predicted molar refractivity (Wildman–Crippen MR) is 109 cm³/mol. The Morgan fingerprint density at radius 3 is 2.75 bits per heavy atom.